The summed E-state index contributed by atoms with van der Waals surface area (Å²) in [6, 6.07) is 0. The van der Waals surface area contributed by atoms with Crippen LogP contribution in [-0.2, 0) is 14.3 Å². The number of ether oxygens (including phenoxy) is 2. The monoisotopic (exact) mass is 218 g/mol. The van der Waals surface area contributed by atoms with Crippen molar-refractivity contribution in [3.8, 4) is 0 Å². The Kier molecular flexibility index (Phi) is 7.89. The maximum Gasteiger partial charge on any atom is 0.328 e. The van der Waals surface area contributed by atoms with Gasteiger partial charge in [0.2, 0.25) is 0 Å². The zero-order chi connectivity index (χ0) is 11.7. The zero-order valence-electron chi connectivity index (χ0n) is 9.05. The smallest absolute Gasteiger partial charge is 0.328 e. The van der Waals surface area contributed by atoms with E-state index < -0.39 is 12.1 Å². The summed E-state index contributed by atoms with van der Waals surface area (Å²) in [4.78, 5) is 10.3. The number of aliphatic hydroxyl groups is 1. The minimum absolute atomic E-state index is 0.106. The number of aliphatic hydroxyl groups excluding tert-OH is 1. The molecule has 0 aliphatic heterocycles. The summed E-state index contributed by atoms with van der Waals surface area (Å²) in [6.07, 6.45) is 2.84. The third-order valence-corrected chi connectivity index (χ3v) is 1.72. The van der Waals surface area contributed by atoms with E-state index in [1.165, 1.54) is 13.2 Å². The van der Waals surface area contributed by atoms with Gasteiger partial charge < -0.3 is 19.7 Å². The van der Waals surface area contributed by atoms with Crippen molar-refractivity contribution in [3.05, 3.63) is 12.2 Å². The first-order valence-corrected chi connectivity index (χ1v) is 4.76. The Morgan fingerprint density at radius 1 is 1.47 bits per heavy atom. The Hall–Kier alpha value is -0.910. The molecule has 2 atom stereocenters. The van der Waals surface area contributed by atoms with E-state index in [9.17, 15) is 4.79 Å². The lowest BCUT2D eigenvalue weighted by Crippen LogP contribution is -2.15. The standard InChI is InChI=1S/C10H18O5/c1-8(11)3-4-9(15-7-14-2)5-6-10(12)13/h5-6,8-9,11H,3-4,7H2,1-2H3,(H,12,13)/b6-5+/t8-,9-/m1/s1. The van der Waals surface area contributed by atoms with Gasteiger partial charge in [-0.2, -0.15) is 0 Å². The second-order valence-corrected chi connectivity index (χ2v) is 3.24. The normalized spacial score (nSPS) is 15.4. The summed E-state index contributed by atoms with van der Waals surface area (Å²) in [5.74, 6) is -1.02. The van der Waals surface area contributed by atoms with Crippen molar-refractivity contribution in [1.29, 1.82) is 0 Å². The van der Waals surface area contributed by atoms with Gasteiger partial charge in [0.15, 0.2) is 0 Å². The lowest BCUT2D eigenvalue weighted by Gasteiger charge is -2.14. The van der Waals surface area contributed by atoms with Gasteiger partial charge in [0, 0.05) is 13.2 Å². The number of carboxylic acids is 1. The first-order valence-electron chi connectivity index (χ1n) is 4.76. The Labute approximate surface area is 89.3 Å². The minimum atomic E-state index is -1.02. The van der Waals surface area contributed by atoms with Crippen molar-refractivity contribution in [1.82, 2.24) is 0 Å². The molecule has 5 nitrogen and oxygen atoms in total. The molecule has 0 amide bonds. The van der Waals surface area contributed by atoms with Crippen molar-refractivity contribution < 1.29 is 24.5 Å². The quantitative estimate of drug-likeness (QED) is 0.465. The van der Waals surface area contributed by atoms with Gasteiger partial charge in [-0.25, -0.2) is 4.79 Å². The van der Waals surface area contributed by atoms with Crippen molar-refractivity contribution in [3.63, 3.8) is 0 Å². The highest BCUT2D eigenvalue weighted by Crippen LogP contribution is 2.07. The van der Waals surface area contributed by atoms with Gasteiger partial charge in [0.05, 0.1) is 12.2 Å². The molecule has 0 aliphatic carbocycles. The first-order chi connectivity index (χ1) is 7.06. The van der Waals surface area contributed by atoms with E-state index in [0.29, 0.717) is 12.8 Å². The molecule has 5 heteroatoms. The lowest BCUT2D eigenvalue weighted by molar-refractivity contribution is -0.131. The van der Waals surface area contributed by atoms with Crippen LogP contribution in [0.25, 0.3) is 0 Å². The molecule has 0 rings (SSSR count). The third kappa shape index (κ3) is 9.40. The molecule has 15 heavy (non-hydrogen) atoms. The zero-order valence-corrected chi connectivity index (χ0v) is 9.05. The minimum Gasteiger partial charge on any atom is -0.478 e. The number of carbonyl (C=O) groups is 1. The molecule has 0 aromatic heterocycles. The highest BCUT2D eigenvalue weighted by Gasteiger charge is 2.07. The molecule has 0 aliphatic rings. The largest absolute Gasteiger partial charge is 0.478 e. The third-order valence-electron chi connectivity index (χ3n) is 1.72. The van der Waals surface area contributed by atoms with Crippen LogP contribution in [-0.4, -0.2) is 42.3 Å². The summed E-state index contributed by atoms with van der Waals surface area (Å²) >= 11 is 0. The highest BCUT2D eigenvalue weighted by molar-refractivity contribution is 5.79. The van der Waals surface area contributed by atoms with Crippen LogP contribution in [0.3, 0.4) is 0 Å². The number of carboxylic acid groups (broad SMARTS) is 1. The van der Waals surface area contributed by atoms with Gasteiger partial charge in [-0.05, 0) is 25.8 Å². The molecule has 88 valence electrons. The maximum atomic E-state index is 10.3. The van der Waals surface area contributed by atoms with E-state index in [1.54, 1.807) is 6.92 Å². The van der Waals surface area contributed by atoms with E-state index in [2.05, 4.69) is 0 Å². The van der Waals surface area contributed by atoms with Crippen molar-refractivity contribution in [2.24, 2.45) is 0 Å². The molecule has 0 bridgehead atoms. The van der Waals surface area contributed by atoms with Crippen molar-refractivity contribution in [2.45, 2.75) is 32.0 Å². The molecule has 0 saturated carbocycles. The second-order valence-electron chi connectivity index (χ2n) is 3.24. The Morgan fingerprint density at radius 3 is 2.60 bits per heavy atom. The lowest BCUT2D eigenvalue weighted by atomic mass is 10.1. The van der Waals surface area contributed by atoms with Crippen LogP contribution < -0.4 is 0 Å². The summed E-state index contributed by atoms with van der Waals surface area (Å²) in [5.41, 5.74) is 0. The predicted octanol–water partition coefficient (Wildman–Crippen LogP) is 0.777. The maximum absolute atomic E-state index is 10.3. The van der Waals surface area contributed by atoms with Gasteiger partial charge >= 0.3 is 5.97 Å². The van der Waals surface area contributed by atoms with E-state index in [0.717, 1.165) is 6.08 Å². The summed E-state index contributed by atoms with van der Waals surface area (Å²) < 4.78 is 9.93. The molecule has 0 saturated heterocycles. The van der Waals surface area contributed by atoms with E-state index in [4.69, 9.17) is 19.7 Å². The van der Waals surface area contributed by atoms with Gasteiger partial charge in [0.25, 0.3) is 0 Å². The SMILES string of the molecule is COCO[C@@H](/C=C/C(=O)O)CC[C@@H](C)O. The summed E-state index contributed by atoms with van der Waals surface area (Å²) in [5, 5.41) is 17.5. The molecule has 0 heterocycles. The Bertz CT molecular complexity index is 200. The Balaban J connectivity index is 3.99. The number of aliphatic carboxylic acids is 1. The predicted molar refractivity (Wildman–Crippen MR) is 54.4 cm³/mol. The van der Waals surface area contributed by atoms with Crippen LogP contribution in [0.1, 0.15) is 19.8 Å². The molecule has 0 aromatic carbocycles. The van der Waals surface area contributed by atoms with Crippen LogP contribution >= 0.6 is 0 Å². The van der Waals surface area contributed by atoms with Crippen LogP contribution in [0.4, 0.5) is 0 Å². The summed E-state index contributed by atoms with van der Waals surface area (Å²) in [7, 11) is 1.49. The number of hydrogen-bond donors (Lipinski definition) is 2. The molecule has 2 N–H and O–H groups in total. The number of hydrogen-bond acceptors (Lipinski definition) is 4. The van der Waals surface area contributed by atoms with E-state index in [-0.39, 0.29) is 12.9 Å². The fraction of sp³-hybridized carbons (Fsp3) is 0.700. The molecular formula is C10H18O5. The van der Waals surface area contributed by atoms with Crippen LogP contribution in [0.15, 0.2) is 12.2 Å². The number of methoxy groups -OCH3 is 1. The fourth-order valence-corrected chi connectivity index (χ4v) is 0.986. The Morgan fingerprint density at radius 2 is 2.13 bits per heavy atom. The fourth-order valence-electron chi connectivity index (χ4n) is 0.986. The van der Waals surface area contributed by atoms with Crippen molar-refractivity contribution >= 4 is 5.97 Å². The van der Waals surface area contributed by atoms with Crippen LogP contribution in [0.2, 0.25) is 0 Å². The van der Waals surface area contributed by atoms with Gasteiger partial charge in [0.1, 0.15) is 6.79 Å². The molecule has 0 aromatic rings. The molecule has 0 fully saturated rings. The average Bonchev–Trinajstić information content (AvgIpc) is 2.16. The van der Waals surface area contributed by atoms with Gasteiger partial charge in [-0.3, -0.25) is 0 Å². The van der Waals surface area contributed by atoms with Crippen LogP contribution in [0, 0.1) is 0 Å². The van der Waals surface area contributed by atoms with Gasteiger partial charge in [-0.1, -0.05) is 0 Å². The molecule has 0 spiro atoms. The topological polar surface area (TPSA) is 76.0 Å². The second kappa shape index (κ2) is 8.40. The van der Waals surface area contributed by atoms with E-state index in [1.807, 2.05) is 0 Å². The summed E-state index contributed by atoms with van der Waals surface area (Å²) in [6.45, 7) is 1.78. The average molecular weight is 218 g/mol. The highest BCUT2D eigenvalue weighted by atomic mass is 16.7. The number of rotatable bonds is 8. The van der Waals surface area contributed by atoms with Crippen molar-refractivity contribution in [2.75, 3.05) is 13.9 Å². The van der Waals surface area contributed by atoms with E-state index >= 15 is 0 Å². The first kappa shape index (κ1) is 14.1. The van der Waals surface area contributed by atoms with Crippen LogP contribution in [0.5, 0.6) is 0 Å². The molecule has 0 radical (unpaired) electrons. The molecule has 0 unspecified atom stereocenters. The molecular weight excluding hydrogens is 200 g/mol. The van der Waals surface area contributed by atoms with Gasteiger partial charge in [-0.15, -0.1) is 0 Å².